The van der Waals surface area contributed by atoms with Gasteiger partial charge >= 0.3 is 0 Å². The van der Waals surface area contributed by atoms with Gasteiger partial charge in [-0.2, -0.15) is 0 Å². The number of para-hydroxylation sites is 2. The van der Waals surface area contributed by atoms with Gasteiger partial charge in [0, 0.05) is 43.0 Å². The molecule has 5 rings (SSSR count). The Kier molecular flexibility index (Phi) is 6.91. The van der Waals surface area contributed by atoms with Crippen LogP contribution < -0.4 is 15.5 Å². The summed E-state index contributed by atoms with van der Waals surface area (Å²) < 4.78 is 20.8. The van der Waals surface area contributed by atoms with Gasteiger partial charge in [0.15, 0.2) is 17.4 Å². The number of hydrogen-bond acceptors (Lipinski definition) is 8. The number of phenolic OH excluding ortho intramolecular Hbond substituents is 1. The van der Waals surface area contributed by atoms with E-state index in [1.54, 1.807) is 41.6 Å². The van der Waals surface area contributed by atoms with Crippen LogP contribution in [0.25, 0.3) is 0 Å². The number of anilines is 3. The zero-order valence-electron chi connectivity index (χ0n) is 18.8. The van der Waals surface area contributed by atoms with Gasteiger partial charge in [-0.05, 0) is 46.3 Å². The number of rotatable bonds is 4. The lowest BCUT2D eigenvalue weighted by molar-refractivity contribution is 0.0743. The molecule has 11 nitrogen and oxygen atoms in total. The van der Waals surface area contributed by atoms with Gasteiger partial charge in [0.1, 0.15) is 0 Å². The Morgan fingerprint density at radius 1 is 0.889 bits per heavy atom. The van der Waals surface area contributed by atoms with Crippen molar-refractivity contribution in [2.75, 3.05) is 41.7 Å². The minimum Gasteiger partial charge on any atom is -0.505 e. The molecule has 1 amide bonds. The number of halogens is 1. The number of nitrogens with one attached hydrogen (secondary N) is 2. The van der Waals surface area contributed by atoms with Crippen molar-refractivity contribution >= 4 is 62.0 Å². The first-order valence-corrected chi connectivity index (χ1v) is 12.9. The lowest BCUT2D eigenvalue weighted by atomic mass is 10.1. The molecule has 0 radical (unpaired) electrons. The average molecular weight is 569 g/mol. The summed E-state index contributed by atoms with van der Waals surface area (Å²) in [5.41, 5.74) is 1.11. The Balaban J connectivity index is 1.29. The highest BCUT2D eigenvalue weighted by atomic mass is 79.9. The fourth-order valence-corrected chi connectivity index (χ4v) is 4.80. The number of benzene rings is 2. The van der Waals surface area contributed by atoms with Crippen LogP contribution in [0.2, 0.25) is 0 Å². The van der Waals surface area contributed by atoms with Crippen molar-refractivity contribution < 1.29 is 14.1 Å². The summed E-state index contributed by atoms with van der Waals surface area (Å²) in [6, 6.07) is 14.0. The van der Waals surface area contributed by atoms with Crippen LogP contribution in [0.5, 0.6) is 5.75 Å². The van der Waals surface area contributed by atoms with Gasteiger partial charge in [-0.25, -0.2) is 14.2 Å². The number of amidine groups is 2. The summed E-state index contributed by atoms with van der Waals surface area (Å²) in [6.45, 7) is 2.09. The van der Waals surface area contributed by atoms with Gasteiger partial charge in [-0.3, -0.25) is 4.79 Å². The van der Waals surface area contributed by atoms with E-state index in [1.807, 2.05) is 29.2 Å². The maximum absolute atomic E-state index is 13.2. The van der Waals surface area contributed by atoms with Crippen molar-refractivity contribution in [2.24, 2.45) is 8.80 Å². The van der Waals surface area contributed by atoms with Crippen molar-refractivity contribution in [3.8, 4) is 5.75 Å². The van der Waals surface area contributed by atoms with E-state index in [0.29, 0.717) is 37.8 Å². The summed E-state index contributed by atoms with van der Waals surface area (Å²) in [5, 5.41) is 17.0. The Bertz CT molecular complexity index is 1380. The van der Waals surface area contributed by atoms with Gasteiger partial charge in [0.05, 0.1) is 16.9 Å². The zero-order valence-corrected chi connectivity index (χ0v) is 21.2. The number of amides is 1. The number of nitrogens with zero attached hydrogens (tertiary/aromatic N) is 6. The lowest BCUT2D eigenvalue weighted by Crippen LogP contribution is -2.49. The van der Waals surface area contributed by atoms with Gasteiger partial charge in [-0.1, -0.05) is 18.2 Å². The fraction of sp³-hybridized carbons (Fsp3) is 0.174. The van der Waals surface area contributed by atoms with Gasteiger partial charge in [0.25, 0.3) is 17.1 Å². The summed E-state index contributed by atoms with van der Waals surface area (Å²) in [6.07, 6.45) is 3.37. The largest absolute Gasteiger partial charge is 0.505 e. The summed E-state index contributed by atoms with van der Waals surface area (Å²) in [5.74, 6) is 0.539. The third kappa shape index (κ3) is 5.06. The normalized spacial score (nSPS) is 17.4. The van der Waals surface area contributed by atoms with E-state index < -0.39 is 11.2 Å². The van der Waals surface area contributed by atoms with Crippen molar-refractivity contribution in [3.05, 3.63) is 71.0 Å². The second kappa shape index (κ2) is 10.4. The van der Waals surface area contributed by atoms with Crippen molar-refractivity contribution in [3.63, 3.8) is 0 Å². The van der Waals surface area contributed by atoms with Crippen molar-refractivity contribution in [1.82, 2.24) is 14.9 Å². The highest BCUT2D eigenvalue weighted by Gasteiger charge is 2.27. The molecular weight excluding hydrogens is 548 g/mol. The summed E-state index contributed by atoms with van der Waals surface area (Å²) in [7, 11) is 0. The van der Waals surface area contributed by atoms with E-state index in [9.17, 15) is 14.1 Å². The molecule has 0 spiro atoms. The molecule has 36 heavy (non-hydrogen) atoms. The Hall–Kier alpha value is -3.84. The van der Waals surface area contributed by atoms with Crippen LogP contribution in [0.15, 0.2) is 74.2 Å². The molecule has 184 valence electrons. The topological polar surface area (TPSA) is 135 Å². The molecule has 0 bridgehead atoms. The molecule has 0 saturated carbocycles. The van der Waals surface area contributed by atoms with Crippen LogP contribution in [-0.4, -0.2) is 67.9 Å². The predicted octanol–water partition coefficient (Wildman–Crippen LogP) is 2.82. The van der Waals surface area contributed by atoms with Crippen LogP contribution in [0.4, 0.5) is 17.3 Å². The summed E-state index contributed by atoms with van der Waals surface area (Å²) >= 11 is 1.63. The molecule has 2 aliphatic rings. The lowest BCUT2D eigenvalue weighted by Gasteiger charge is -2.34. The van der Waals surface area contributed by atoms with E-state index in [-0.39, 0.29) is 34.6 Å². The number of carbonyl (C=O) groups excluding carboxylic acids is 1. The fourth-order valence-electron chi connectivity index (χ4n) is 3.80. The molecule has 1 aromatic heterocycles. The number of carbonyl (C=O) groups is 1. The second-order valence-electron chi connectivity index (χ2n) is 7.87. The van der Waals surface area contributed by atoms with Crippen molar-refractivity contribution in [1.29, 1.82) is 0 Å². The molecule has 1 atom stereocenters. The average Bonchev–Trinajstić information content (AvgIpc) is 3.25. The van der Waals surface area contributed by atoms with Gasteiger partial charge in [0.2, 0.25) is 5.95 Å². The molecule has 3 aromatic rings. The summed E-state index contributed by atoms with van der Waals surface area (Å²) in [4.78, 5) is 25.4. The van der Waals surface area contributed by atoms with Crippen molar-refractivity contribution in [2.45, 2.75) is 0 Å². The number of hydrogen-bond donors (Lipinski definition) is 3. The maximum atomic E-state index is 13.2. The second-order valence-corrected chi connectivity index (χ2v) is 9.55. The molecule has 1 saturated heterocycles. The number of piperazine rings is 1. The van der Waals surface area contributed by atoms with Crippen LogP contribution in [0.1, 0.15) is 10.4 Å². The van der Waals surface area contributed by atoms with E-state index in [4.69, 9.17) is 0 Å². The monoisotopic (exact) mass is 568 g/mol. The highest BCUT2D eigenvalue weighted by molar-refractivity contribution is 9.10. The van der Waals surface area contributed by atoms with E-state index in [0.717, 1.165) is 4.47 Å². The Morgan fingerprint density at radius 3 is 2.22 bits per heavy atom. The zero-order chi connectivity index (χ0) is 25.1. The third-order valence-corrected chi connectivity index (χ3v) is 6.98. The first-order valence-electron chi connectivity index (χ1n) is 11.0. The molecule has 2 aromatic carbocycles. The molecule has 3 heterocycles. The minimum absolute atomic E-state index is 0.154. The SMILES string of the molecule is O=C(c1cccc(NC2=NS(=O)N=C2Nc2ccccc2Br)c1O)N1CCN(c2ncccn2)CC1. The van der Waals surface area contributed by atoms with Crippen LogP contribution in [0, 0.1) is 0 Å². The molecule has 0 aliphatic carbocycles. The maximum Gasteiger partial charge on any atom is 0.269 e. The van der Waals surface area contributed by atoms with Crippen LogP contribution in [0.3, 0.4) is 0 Å². The highest BCUT2D eigenvalue weighted by Crippen LogP contribution is 2.30. The number of aromatic hydroxyl groups is 1. The quantitative estimate of drug-likeness (QED) is 0.409. The number of aromatic nitrogens is 2. The minimum atomic E-state index is -1.82. The Labute approximate surface area is 217 Å². The van der Waals surface area contributed by atoms with E-state index in [2.05, 4.69) is 45.3 Å². The molecule has 1 unspecified atom stereocenters. The molecule has 2 aliphatic heterocycles. The molecule has 13 heteroatoms. The van der Waals surface area contributed by atoms with Gasteiger partial charge in [-0.15, -0.1) is 8.80 Å². The third-order valence-electron chi connectivity index (χ3n) is 5.61. The molecular formula is C23H21BrN8O3S. The Morgan fingerprint density at radius 2 is 1.53 bits per heavy atom. The predicted molar refractivity (Wildman–Crippen MR) is 143 cm³/mol. The van der Waals surface area contributed by atoms with Crippen LogP contribution >= 0.6 is 15.9 Å². The first kappa shape index (κ1) is 23.9. The van der Waals surface area contributed by atoms with Gasteiger partial charge < -0.3 is 25.5 Å². The van der Waals surface area contributed by atoms with E-state index >= 15 is 0 Å². The standard InChI is InChI=1S/C23H21BrN8O3S/c24-16-6-1-2-7-17(16)27-20-21(30-36(35)29-20)28-18-8-3-5-15(19(18)33)22(34)31-11-13-32(14-12-31)23-25-9-4-10-26-23/h1-10,33H,11-14H2,(H,27,29)(H,28,30). The number of phenols is 1. The van der Waals surface area contributed by atoms with Crippen LogP contribution in [-0.2, 0) is 11.2 Å². The molecule has 3 N–H and O–H groups in total. The van der Waals surface area contributed by atoms with E-state index in [1.165, 1.54) is 0 Å². The first-order chi connectivity index (χ1) is 17.5. The molecule has 1 fully saturated rings. The smallest absolute Gasteiger partial charge is 0.269 e.